The number of hydrogen-bond donors (Lipinski definition) is 0. The Kier molecular flexibility index (Phi) is 3.40. The molecule has 6 heteroatoms. The molecule has 1 saturated heterocycles. The highest BCUT2D eigenvalue weighted by atomic mass is 16.5. The van der Waals surface area contributed by atoms with E-state index >= 15 is 0 Å². The van der Waals surface area contributed by atoms with Crippen molar-refractivity contribution in [2.45, 2.75) is 25.3 Å². The summed E-state index contributed by atoms with van der Waals surface area (Å²) in [4.78, 5) is 18.4. The average Bonchev–Trinajstić information content (AvgIpc) is 3.03. The zero-order valence-corrected chi connectivity index (χ0v) is 11.7. The molecule has 20 heavy (non-hydrogen) atoms. The summed E-state index contributed by atoms with van der Waals surface area (Å²) in [6, 6.07) is 4.02. The van der Waals surface area contributed by atoms with Gasteiger partial charge in [0.05, 0.1) is 12.7 Å². The summed E-state index contributed by atoms with van der Waals surface area (Å²) in [5.74, 6) is 0.463. The van der Waals surface area contributed by atoms with Gasteiger partial charge in [0, 0.05) is 18.7 Å². The number of methoxy groups -OCH3 is 1. The number of pyridine rings is 1. The second-order valence-corrected chi connectivity index (χ2v) is 5.22. The number of carbonyl (C=O) groups is 1. The molecule has 0 bridgehead atoms. The van der Waals surface area contributed by atoms with Crippen LogP contribution in [0.15, 0.2) is 18.3 Å². The Morgan fingerprint density at radius 2 is 2.35 bits per heavy atom. The monoisotopic (exact) mass is 274 g/mol. The van der Waals surface area contributed by atoms with Crippen LogP contribution in [-0.2, 0) is 11.2 Å². The molecule has 6 nitrogen and oxygen atoms in total. The Morgan fingerprint density at radius 1 is 1.50 bits per heavy atom. The molecule has 0 spiro atoms. The molecule has 1 unspecified atom stereocenters. The summed E-state index contributed by atoms with van der Waals surface area (Å²) in [6.45, 7) is 1.14. The summed E-state index contributed by atoms with van der Waals surface area (Å²) in [5.41, 5.74) is 1.24. The second-order valence-electron chi connectivity index (χ2n) is 5.22. The quantitative estimate of drug-likeness (QED) is 0.786. The van der Waals surface area contributed by atoms with Crippen molar-refractivity contribution in [3.05, 3.63) is 29.7 Å². The first-order chi connectivity index (χ1) is 9.67. The summed E-state index contributed by atoms with van der Waals surface area (Å²) in [5, 5.41) is 4.46. The highest BCUT2D eigenvalue weighted by molar-refractivity contribution is 5.89. The SMILES string of the molecule is COC(=O)c1ccc2nc(CC3CCCN3C)nn2c1. The van der Waals surface area contributed by atoms with E-state index in [2.05, 4.69) is 22.0 Å². The fourth-order valence-corrected chi connectivity index (χ4v) is 2.70. The van der Waals surface area contributed by atoms with E-state index in [9.17, 15) is 4.79 Å². The lowest BCUT2D eigenvalue weighted by Gasteiger charge is -2.17. The predicted molar refractivity (Wildman–Crippen MR) is 73.7 cm³/mol. The van der Waals surface area contributed by atoms with Crippen LogP contribution in [-0.4, -0.2) is 52.2 Å². The minimum absolute atomic E-state index is 0.362. The van der Waals surface area contributed by atoms with Crippen LogP contribution < -0.4 is 0 Å². The summed E-state index contributed by atoms with van der Waals surface area (Å²) >= 11 is 0. The minimum atomic E-state index is -0.362. The van der Waals surface area contributed by atoms with Crippen LogP contribution in [0.2, 0.25) is 0 Å². The molecule has 0 N–H and O–H groups in total. The van der Waals surface area contributed by atoms with Crippen molar-refractivity contribution in [2.75, 3.05) is 20.7 Å². The van der Waals surface area contributed by atoms with Crippen LogP contribution in [0.5, 0.6) is 0 Å². The third-order valence-electron chi connectivity index (χ3n) is 3.89. The second kappa shape index (κ2) is 5.20. The minimum Gasteiger partial charge on any atom is -0.465 e. The van der Waals surface area contributed by atoms with Gasteiger partial charge in [-0.05, 0) is 38.6 Å². The number of likely N-dealkylation sites (N-methyl/N-ethyl adjacent to an activating group) is 1. The van der Waals surface area contributed by atoms with Gasteiger partial charge in [-0.25, -0.2) is 14.3 Å². The summed E-state index contributed by atoms with van der Waals surface area (Å²) in [6.07, 6.45) is 4.95. The normalized spacial score (nSPS) is 19.6. The fourth-order valence-electron chi connectivity index (χ4n) is 2.70. The molecule has 3 rings (SSSR count). The summed E-state index contributed by atoms with van der Waals surface area (Å²) < 4.78 is 6.36. The van der Waals surface area contributed by atoms with Gasteiger partial charge in [0.1, 0.15) is 0 Å². The molecule has 1 aliphatic rings. The van der Waals surface area contributed by atoms with Crippen LogP contribution in [0.3, 0.4) is 0 Å². The van der Waals surface area contributed by atoms with Crippen molar-refractivity contribution in [3.63, 3.8) is 0 Å². The van der Waals surface area contributed by atoms with Gasteiger partial charge in [0.25, 0.3) is 0 Å². The Balaban J connectivity index is 1.85. The number of nitrogens with zero attached hydrogens (tertiary/aromatic N) is 4. The topological polar surface area (TPSA) is 59.7 Å². The van der Waals surface area contributed by atoms with Gasteiger partial charge in [-0.3, -0.25) is 0 Å². The lowest BCUT2D eigenvalue weighted by molar-refractivity contribution is 0.0600. The van der Waals surface area contributed by atoms with E-state index in [-0.39, 0.29) is 5.97 Å². The molecule has 106 valence electrons. The number of fused-ring (bicyclic) bond motifs is 1. The maximum absolute atomic E-state index is 11.5. The lowest BCUT2D eigenvalue weighted by Crippen LogP contribution is -2.27. The van der Waals surface area contributed by atoms with Gasteiger partial charge < -0.3 is 9.64 Å². The van der Waals surface area contributed by atoms with Gasteiger partial charge in [0.2, 0.25) is 0 Å². The van der Waals surface area contributed by atoms with E-state index in [0.29, 0.717) is 11.6 Å². The predicted octanol–water partition coefficient (Wildman–Crippen LogP) is 1.15. The van der Waals surface area contributed by atoms with Crippen LogP contribution in [0, 0.1) is 0 Å². The van der Waals surface area contributed by atoms with Crippen molar-refractivity contribution in [2.24, 2.45) is 0 Å². The Labute approximate surface area is 117 Å². The van der Waals surface area contributed by atoms with E-state index in [4.69, 9.17) is 4.74 Å². The third-order valence-corrected chi connectivity index (χ3v) is 3.89. The standard InChI is InChI=1S/C14H18N4O2/c1-17-7-3-4-11(17)8-12-15-13-6-5-10(14(19)20-2)9-18(13)16-12/h5-6,9,11H,3-4,7-8H2,1-2H3. The van der Waals surface area contributed by atoms with Crippen molar-refractivity contribution in [1.82, 2.24) is 19.5 Å². The van der Waals surface area contributed by atoms with E-state index in [0.717, 1.165) is 24.4 Å². The van der Waals surface area contributed by atoms with Crippen molar-refractivity contribution in [3.8, 4) is 0 Å². The zero-order chi connectivity index (χ0) is 14.1. The van der Waals surface area contributed by atoms with E-state index in [1.807, 2.05) is 0 Å². The third kappa shape index (κ3) is 2.38. The number of esters is 1. The first kappa shape index (κ1) is 13.1. The molecule has 0 aliphatic carbocycles. The molecule has 0 radical (unpaired) electrons. The Hall–Kier alpha value is -1.95. The van der Waals surface area contributed by atoms with Crippen molar-refractivity contribution >= 4 is 11.6 Å². The largest absolute Gasteiger partial charge is 0.465 e. The van der Waals surface area contributed by atoms with Crippen LogP contribution in [0.25, 0.3) is 5.65 Å². The van der Waals surface area contributed by atoms with E-state index < -0.39 is 0 Å². The van der Waals surface area contributed by atoms with Gasteiger partial charge in [-0.1, -0.05) is 0 Å². The number of hydrogen-bond acceptors (Lipinski definition) is 5. The maximum atomic E-state index is 11.5. The molecule has 0 saturated carbocycles. The number of aromatic nitrogens is 3. The molecule has 2 aromatic heterocycles. The molecular formula is C14H18N4O2. The summed E-state index contributed by atoms with van der Waals surface area (Å²) in [7, 11) is 3.51. The number of ether oxygens (including phenoxy) is 1. The van der Waals surface area contributed by atoms with Gasteiger partial charge in [-0.2, -0.15) is 5.10 Å². The Bertz CT molecular complexity index is 637. The zero-order valence-electron chi connectivity index (χ0n) is 11.7. The van der Waals surface area contributed by atoms with Gasteiger partial charge in [0.15, 0.2) is 11.5 Å². The fraction of sp³-hybridized carbons (Fsp3) is 0.500. The number of carbonyl (C=O) groups excluding carboxylic acids is 1. The Morgan fingerprint density at radius 3 is 3.05 bits per heavy atom. The number of rotatable bonds is 3. The highest BCUT2D eigenvalue weighted by Gasteiger charge is 2.22. The molecule has 1 atom stereocenters. The van der Waals surface area contributed by atoms with Crippen molar-refractivity contribution in [1.29, 1.82) is 0 Å². The van der Waals surface area contributed by atoms with Crippen molar-refractivity contribution < 1.29 is 9.53 Å². The first-order valence-electron chi connectivity index (χ1n) is 6.81. The van der Waals surface area contributed by atoms with E-state index in [1.165, 1.54) is 20.0 Å². The van der Waals surface area contributed by atoms with Crippen LogP contribution in [0.1, 0.15) is 29.0 Å². The first-order valence-corrected chi connectivity index (χ1v) is 6.81. The van der Waals surface area contributed by atoms with E-state index in [1.54, 1.807) is 22.8 Å². The molecule has 0 amide bonds. The smallest absolute Gasteiger partial charge is 0.339 e. The molecular weight excluding hydrogens is 256 g/mol. The van der Waals surface area contributed by atoms with Gasteiger partial charge in [-0.15, -0.1) is 0 Å². The van der Waals surface area contributed by atoms with Crippen LogP contribution in [0.4, 0.5) is 0 Å². The molecule has 3 heterocycles. The lowest BCUT2D eigenvalue weighted by atomic mass is 10.1. The molecule has 1 fully saturated rings. The molecule has 1 aliphatic heterocycles. The van der Waals surface area contributed by atoms with Gasteiger partial charge >= 0.3 is 5.97 Å². The molecule has 2 aromatic rings. The highest BCUT2D eigenvalue weighted by Crippen LogP contribution is 2.18. The number of likely N-dealkylation sites (tertiary alicyclic amines) is 1. The maximum Gasteiger partial charge on any atom is 0.339 e. The molecule has 0 aromatic carbocycles. The average molecular weight is 274 g/mol. The van der Waals surface area contributed by atoms with Crippen LogP contribution >= 0.6 is 0 Å².